The van der Waals surface area contributed by atoms with Crippen molar-refractivity contribution in [1.29, 1.82) is 0 Å². The molecule has 0 unspecified atom stereocenters. The molecule has 1 heterocycles. The summed E-state index contributed by atoms with van der Waals surface area (Å²) in [6.45, 7) is 1.07. The third kappa shape index (κ3) is 5.37. The van der Waals surface area contributed by atoms with Crippen molar-refractivity contribution in [2.45, 2.75) is 18.9 Å². The summed E-state index contributed by atoms with van der Waals surface area (Å²) in [5.74, 6) is 0.675. The van der Waals surface area contributed by atoms with Crippen LogP contribution in [0, 0.1) is 0 Å². The fraction of sp³-hybridized carbons (Fsp3) is 0.300. The zero-order chi connectivity index (χ0) is 19.2. The van der Waals surface area contributed by atoms with Crippen LogP contribution in [-0.4, -0.2) is 42.5 Å². The molecule has 0 saturated carbocycles. The van der Waals surface area contributed by atoms with Crippen LogP contribution >= 0.6 is 11.6 Å². The Labute approximate surface area is 162 Å². The lowest BCUT2D eigenvalue weighted by Gasteiger charge is -2.32. The first-order chi connectivity index (χ1) is 13.0. The first kappa shape index (κ1) is 19.0. The second kappa shape index (κ2) is 8.77. The zero-order valence-electron chi connectivity index (χ0n) is 14.8. The maximum atomic E-state index is 12.6. The number of benzene rings is 2. The standard InChI is InChI=1S/C20H21ClN2O4/c21-15-2-1-3-18(12-15)27-17-8-10-23(11-9-17)20(25)14-4-6-16(7-5-14)26-13-19(22)24/h1-7,12,17H,8-11,13H2,(H2,22,24). The zero-order valence-corrected chi connectivity index (χ0v) is 15.5. The quantitative estimate of drug-likeness (QED) is 0.824. The Morgan fingerprint density at radius 2 is 1.78 bits per heavy atom. The molecule has 0 radical (unpaired) electrons. The number of amides is 2. The predicted molar refractivity (Wildman–Crippen MR) is 102 cm³/mol. The van der Waals surface area contributed by atoms with E-state index in [2.05, 4.69) is 0 Å². The number of piperidine rings is 1. The molecule has 3 rings (SSSR count). The van der Waals surface area contributed by atoms with Crippen molar-refractivity contribution < 1.29 is 19.1 Å². The van der Waals surface area contributed by atoms with Crippen LogP contribution in [0.15, 0.2) is 48.5 Å². The number of ether oxygens (including phenoxy) is 2. The van der Waals surface area contributed by atoms with Crippen molar-refractivity contribution in [2.75, 3.05) is 19.7 Å². The van der Waals surface area contributed by atoms with E-state index in [1.807, 2.05) is 17.0 Å². The summed E-state index contributed by atoms with van der Waals surface area (Å²) >= 11 is 5.98. The average molecular weight is 389 g/mol. The van der Waals surface area contributed by atoms with E-state index >= 15 is 0 Å². The third-order valence-corrected chi connectivity index (χ3v) is 4.55. The average Bonchev–Trinajstić information content (AvgIpc) is 2.67. The summed E-state index contributed by atoms with van der Waals surface area (Å²) in [4.78, 5) is 25.2. The highest BCUT2D eigenvalue weighted by atomic mass is 35.5. The lowest BCUT2D eigenvalue weighted by atomic mass is 10.1. The number of likely N-dealkylation sites (tertiary alicyclic amines) is 1. The molecule has 142 valence electrons. The fourth-order valence-corrected chi connectivity index (χ4v) is 3.12. The van der Waals surface area contributed by atoms with E-state index in [0.717, 1.165) is 18.6 Å². The molecule has 1 aliphatic rings. The third-order valence-electron chi connectivity index (χ3n) is 4.31. The molecule has 27 heavy (non-hydrogen) atoms. The highest BCUT2D eigenvalue weighted by Crippen LogP contribution is 2.23. The van der Waals surface area contributed by atoms with Gasteiger partial charge < -0.3 is 20.1 Å². The van der Waals surface area contributed by atoms with E-state index in [4.69, 9.17) is 26.8 Å². The van der Waals surface area contributed by atoms with Gasteiger partial charge in [0.25, 0.3) is 11.8 Å². The van der Waals surface area contributed by atoms with Gasteiger partial charge in [0.1, 0.15) is 17.6 Å². The molecule has 2 amide bonds. The molecule has 2 aromatic carbocycles. The van der Waals surface area contributed by atoms with Crippen LogP contribution in [0.1, 0.15) is 23.2 Å². The molecule has 1 saturated heterocycles. The molecule has 2 N–H and O–H groups in total. The maximum Gasteiger partial charge on any atom is 0.255 e. The Morgan fingerprint density at radius 3 is 2.41 bits per heavy atom. The van der Waals surface area contributed by atoms with Crippen molar-refractivity contribution in [3.8, 4) is 11.5 Å². The summed E-state index contributed by atoms with van der Waals surface area (Å²) in [6, 6.07) is 14.0. The number of rotatable bonds is 6. The van der Waals surface area contributed by atoms with Gasteiger partial charge in [-0.3, -0.25) is 9.59 Å². The van der Waals surface area contributed by atoms with Gasteiger partial charge in [0, 0.05) is 36.5 Å². The molecule has 0 spiro atoms. The smallest absolute Gasteiger partial charge is 0.255 e. The molecule has 6 nitrogen and oxygen atoms in total. The van der Waals surface area contributed by atoms with Gasteiger partial charge >= 0.3 is 0 Å². The molecular weight excluding hydrogens is 368 g/mol. The molecule has 1 fully saturated rings. The number of nitrogens with two attached hydrogens (primary N) is 1. The van der Waals surface area contributed by atoms with Crippen molar-refractivity contribution >= 4 is 23.4 Å². The number of hydrogen-bond donors (Lipinski definition) is 1. The number of carbonyl (C=O) groups excluding carboxylic acids is 2. The monoisotopic (exact) mass is 388 g/mol. The molecule has 0 aromatic heterocycles. The van der Waals surface area contributed by atoms with Crippen molar-refractivity contribution in [1.82, 2.24) is 4.90 Å². The minimum atomic E-state index is -0.544. The number of primary amides is 1. The molecule has 0 aliphatic carbocycles. The van der Waals surface area contributed by atoms with Crippen LogP contribution in [0.4, 0.5) is 0 Å². The second-order valence-electron chi connectivity index (χ2n) is 6.35. The lowest BCUT2D eigenvalue weighted by Crippen LogP contribution is -2.41. The number of hydrogen-bond acceptors (Lipinski definition) is 4. The van der Waals surface area contributed by atoms with Crippen molar-refractivity contribution in [2.24, 2.45) is 5.73 Å². The Hall–Kier alpha value is -2.73. The summed E-state index contributed by atoms with van der Waals surface area (Å²) in [5.41, 5.74) is 5.62. The molecule has 0 atom stereocenters. The summed E-state index contributed by atoms with van der Waals surface area (Å²) < 4.78 is 11.2. The van der Waals surface area contributed by atoms with E-state index in [9.17, 15) is 9.59 Å². The Kier molecular flexibility index (Phi) is 6.19. The highest BCUT2D eigenvalue weighted by molar-refractivity contribution is 6.30. The molecule has 7 heteroatoms. The van der Waals surface area contributed by atoms with E-state index in [1.165, 1.54) is 0 Å². The van der Waals surface area contributed by atoms with Gasteiger partial charge in [-0.25, -0.2) is 0 Å². The summed E-state index contributed by atoms with van der Waals surface area (Å²) in [6.07, 6.45) is 1.59. The van der Waals surface area contributed by atoms with E-state index in [-0.39, 0.29) is 18.6 Å². The highest BCUT2D eigenvalue weighted by Gasteiger charge is 2.24. The first-order valence-corrected chi connectivity index (χ1v) is 9.12. The topological polar surface area (TPSA) is 81.9 Å². The number of halogens is 1. The predicted octanol–water partition coefficient (Wildman–Crippen LogP) is 2.89. The number of carbonyl (C=O) groups is 2. The van der Waals surface area contributed by atoms with Crippen LogP contribution in [0.2, 0.25) is 5.02 Å². The second-order valence-corrected chi connectivity index (χ2v) is 6.78. The van der Waals surface area contributed by atoms with Gasteiger partial charge in [-0.15, -0.1) is 0 Å². The van der Waals surface area contributed by atoms with Gasteiger partial charge in [0.15, 0.2) is 6.61 Å². The normalized spacial score (nSPS) is 14.6. The Bertz CT molecular complexity index is 802. The fourth-order valence-electron chi connectivity index (χ4n) is 2.94. The van der Waals surface area contributed by atoms with Crippen LogP contribution in [0.3, 0.4) is 0 Å². The van der Waals surface area contributed by atoms with Gasteiger partial charge in [0.2, 0.25) is 0 Å². The molecular formula is C20H21ClN2O4. The van der Waals surface area contributed by atoms with Crippen LogP contribution in [0.25, 0.3) is 0 Å². The SMILES string of the molecule is NC(=O)COc1ccc(C(=O)N2CCC(Oc3cccc(Cl)c3)CC2)cc1. The first-order valence-electron chi connectivity index (χ1n) is 8.74. The molecule has 0 bridgehead atoms. The van der Waals surface area contributed by atoms with Crippen molar-refractivity contribution in [3.05, 3.63) is 59.1 Å². The summed E-state index contributed by atoms with van der Waals surface area (Å²) in [5, 5.41) is 0.642. The summed E-state index contributed by atoms with van der Waals surface area (Å²) in [7, 11) is 0. The van der Waals surface area contributed by atoms with Crippen LogP contribution in [0.5, 0.6) is 11.5 Å². The van der Waals surface area contributed by atoms with Crippen molar-refractivity contribution in [3.63, 3.8) is 0 Å². The van der Waals surface area contributed by atoms with Crippen LogP contribution in [-0.2, 0) is 4.79 Å². The van der Waals surface area contributed by atoms with E-state index < -0.39 is 5.91 Å². The van der Waals surface area contributed by atoms with Gasteiger partial charge in [-0.1, -0.05) is 17.7 Å². The minimum Gasteiger partial charge on any atom is -0.490 e. The van der Waals surface area contributed by atoms with Crippen LogP contribution < -0.4 is 15.2 Å². The van der Waals surface area contributed by atoms with Gasteiger partial charge in [0.05, 0.1) is 0 Å². The van der Waals surface area contributed by atoms with E-state index in [1.54, 1.807) is 36.4 Å². The minimum absolute atomic E-state index is 0.0299. The number of nitrogens with zero attached hydrogens (tertiary/aromatic N) is 1. The molecule has 2 aromatic rings. The van der Waals surface area contributed by atoms with E-state index in [0.29, 0.717) is 29.4 Å². The Balaban J connectivity index is 1.51. The maximum absolute atomic E-state index is 12.6. The van der Waals surface area contributed by atoms with Gasteiger partial charge in [-0.05, 0) is 42.5 Å². The molecule has 1 aliphatic heterocycles. The Morgan fingerprint density at radius 1 is 1.07 bits per heavy atom. The lowest BCUT2D eigenvalue weighted by molar-refractivity contribution is -0.119. The largest absolute Gasteiger partial charge is 0.490 e. The van der Waals surface area contributed by atoms with Gasteiger partial charge in [-0.2, -0.15) is 0 Å².